The van der Waals surface area contributed by atoms with Crippen molar-refractivity contribution in [2.24, 2.45) is 5.41 Å². The Kier molecular flexibility index (Phi) is 13.1. The Morgan fingerprint density at radius 1 is 0.825 bits per heavy atom. The zero-order valence-electron chi connectivity index (χ0n) is 34.2. The fourth-order valence-electron chi connectivity index (χ4n) is 8.95. The molecular weight excluding hydrogens is 719 g/mol. The molecule has 3 aliphatic carbocycles. The molecule has 2 N–H and O–H groups in total. The van der Waals surface area contributed by atoms with Crippen molar-refractivity contribution >= 4 is 11.7 Å². The maximum absolute atomic E-state index is 14.6. The van der Waals surface area contributed by atoms with Gasteiger partial charge in [-0.1, -0.05) is 67.1 Å². The van der Waals surface area contributed by atoms with Crippen LogP contribution in [-0.2, 0) is 24.2 Å². The maximum Gasteiger partial charge on any atom is 0.227 e. The summed E-state index contributed by atoms with van der Waals surface area (Å²) in [7, 11) is 6.33. The van der Waals surface area contributed by atoms with Crippen molar-refractivity contribution in [3.8, 4) is 23.0 Å². The molecular formula is C48H57NO8. The van der Waals surface area contributed by atoms with Gasteiger partial charge in [0.1, 0.15) is 11.5 Å². The third kappa shape index (κ3) is 9.05. The molecule has 4 aromatic rings. The minimum Gasteiger partial charge on any atom is -0.497 e. The molecule has 7 rings (SSSR count). The number of ether oxygens (including phenoxy) is 4. The molecule has 0 heterocycles. The van der Waals surface area contributed by atoms with Gasteiger partial charge in [-0.05, 0) is 105 Å². The van der Waals surface area contributed by atoms with Crippen LogP contribution in [0.4, 0.5) is 0 Å². The average Bonchev–Trinajstić information content (AvgIpc) is 3.47. The number of hydrogen-bond acceptors (Lipinski definition) is 8. The number of amides is 1. The fraction of sp³-hybridized carbons (Fsp3) is 0.417. The van der Waals surface area contributed by atoms with E-state index in [2.05, 4.69) is 19.9 Å². The van der Waals surface area contributed by atoms with E-state index in [9.17, 15) is 19.8 Å². The fourth-order valence-corrected chi connectivity index (χ4v) is 8.95. The van der Waals surface area contributed by atoms with Crippen LogP contribution in [0.5, 0.6) is 23.0 Å². The molecule has 302 valence electrons. The summed E-state index contributed by atoms with van der Waals surface area (Å²) < 4.78 is 22.2. The normalized spacial score (nSPS) is 22.1. The van der Waals surface area contributed by atoms with E-state index in [-0.39, 0.29) is 37.1 Å². The van der Waals surface area contributed by atoms with Gasteiger partial charge in [0.15, 0.2) is 17.3 Å². The summed E-state index contributed by atoms with van der Waals surface area (Å²) in [5.74, 6) is 1.86. The van der Waals surface area contributed by atoms with Crippen LogP contribution < -0.4 is 18.9 Å². The second-order valence-corrected chi connectivity index (χ2v) is 15.9. The van der Waals surface area contributed by atoms with Crippen LogP contribution in [0.15, 0.2) is 96.6 Å². The molecule has 4 aromatic carbocycles. The molecule has 0 spiro atoms. The highest BCUT2D eigenvalue weighted by atomic mass is 16.5. The number of hydrogen-bond donors (Lipinski definition) is 2. The minimum atomic E-state index is -1.33. The van der Waals surface area contributed by atoms with Crippen molar-refractivity contribution in [2.45, 2.75) is 89.4 Å². The second-order valence-electron chi connectivity index (χ2n) is 15.9. The van der Waals surface area contributed by atoms with Gasteiger partial charge in [-0.25, -0.2) is 0 Å². The number of aliphatic hydroxyl groups excluding tert-OH is 1. The van der Waals surface area contributed by atoms with Crippen LogP contribution in [-0.4, -0.2) is 73.5 Å². The number of carbonyl (C=O) groups is 2. The zero-order valence-corrected chi connectivity index (χ0v) is 34.2. The SMILES string of the molecule is COc1ccc(CN(CC2(O)CCC3c4ccc(cc4C(=O)c4ccccc4)CC(O)CCC(C)=CCCC32C)C(=O)Cc2ccc(OC)c(OC)c2)c(OC)c1. The summed E-state index contributed by atoms with van der Waals surface area (Å²) in [6.45, 7) is 4.49. The lowest BCUT2D eigenvalue weighted by Gasteiger charge is -2.46. The van der Waals surface area contributed by atoms with Gasteiger partial charge in [0.25, 0.3) is 0 Å². The van der Waals surface area contributed by atoms with E-state index in [1.54, 1.807) is 45.5 Å². The maximum atomic E-state index is 14.6. The lowest BCUT2D eigenvalue weighted by molar-refractivity contribution is -0.140. The average molecular weight is 776 g/mol. The molecule has 3 aliphatic rings. The Morgan fingerprint density at radius 3 is 2.30 bits per heavy atom. The Labute approximate surface area is 337 Å². The molecule has 57 heavy (non-hydrogen) atoms. The largest absolute Gasteiger partial charge is 0.497 e. The second kappa shape index (κ2) is 18.0. The molecule has 9 nitrogen and oxygen atoms in total. The lowest BCUT2D eigenvalue weighted by Crippen LogP contribution is -2.53. The zero-order chi connectivity index (χ0) is 40.7. The lowest BCUT2D eigenvalue weighted by atomic mass is 9.64. The van der Waals surface area contributed by atoms with E-state index in [1.807, 2.05) is 72.8 Å². The minimum absolute atomic E-state index is 0.0657. The number of benzene rings is 4. The van der Waals surface area contributed by atoms with Crippen molar-refractivity contribution in [1.82, 2.24) is 4.90 Å². The van der Waals surface area contributed by atoms with Gasteiger partial charge in [-0.2, -0.15) is 0 Å². The monoisotopic (exact) mass is 775 g/mol. The van der Waals surface area contributed by atoms with E-state index >= 15 is 0 Å². The summed E-state index contributed by atoms with van der Waals surface area (Å²) in [6.07, 6.45) is 5.94. The summed E-state index contributed by atoms with van der Waals surface area (Å²) in [6, 6.07) is 26.3. The molecule has 1 saturated carbocycles. The number of allylic oxidation sites excluding steroid dienone is 2. The quantitative estimate of drug-likeness (QED) is 0.109. The van der Waals surface area contributed by atoms with Gasteiger partial charge in [0.2, 0.25) is 5.91 Å². The van der Waals surface area contributed by atoms with Crippen molar-refractivity contribution < 1.29 is 38.7 Å². The van der Waals surface area contributed by atoms with Gasteiger partial charge in [0, 0.05) is 34.7 Å². The highest BCUT2D eigenvalue weighted by Crippen LogP contribution is 2.59. The summed E-state index contributed by atoms with van der Waals surface area (Å²) in [5, 5.41) is 24.3. The van der Waals surface area contributed by atoms with Crippen molar-refractivity contribution in [2.75, 3.05) is 35.0 Å². The predicted octanol–water partition coefficient (Wildman–Crippen LogP) is 8.26. The summed E-state index contributed by atoms with van der Waals surface area (Å²) in [5.41, 5.74) is 3.63. The third-order valence-corrected chi connectivity index (χ3v) is 12.4. The van der Waals surface area contributed by atoms with E-state index < -0.39 is 17.1 Å². The van der Waals surface area contributed by atoms with E-state index in [0.717, 1.165) is 28.7 Å². The van der Waals surface area contributed by atoms with Crippen LogP contribution >= 0.6 is 0 Å². The Balaban J connectivity index is 1.43. The number of methoxy groups -OCH3 is 4. The molecule has 0 radical (unpaired) electrons. The standard InChI is InChI=1S/C48H57NO8/c1-32-11-10-23-47(2)41(39-20-15-33(25-37(50)18-14-32)26-40(39)46(52)35-12-8-7-9-13-35)22-24-48(47,53)31-49(30-36-17-19-38(54-3)29-43(36)56-5)45(51)28-34-16-21-42(55-4)44(27-34)57-6/h7-9,11-13,15-17,19-21,26-27,29,37,41,50,53H,10,14,18,22-25,28,30-31H2,1-6H3. The van der Waals surface area contributed by atoms with E-state index in [4.69, 9.17) is 18.9 Å². The van der Waals surface area contributed by atoms with E-state index in [1.165, 1.54) is 5.57 Å². The first-order valence-electron chi connectivity index (χ1n) is 19.9. The molecule has 0 aliphatic heterocycles. The molecule has 1 amide bonds. The summed E-state index contributed by atoms with van der Waals surface area (Å²) in [4.78, 5) is 30.8. The Morgan fingerprint density at radius 2 is 1.58 bits per heavy atom. The topological polar surface area (TPSA) is 115 Å². The smallest absolute Gasteiger partial charge is 0.227 e. The van der Waals surface area contributed by atoms with Gasteiger partial charge in [-0.3, -0.25) is 9.59 Å². The number of nitrogens with zero attached hydrogens (tertiary/aromatic N) is 1. The van der Waals surface area contributed by atoms with E-state index in [0.29, 0.717) is 72.6 Å². The van der Waals surface area contributed by atoms with Gasteiger partial charge < -0.3 is 34.1 Å². The number of rotatable bonds is 12. The van der Waals surface area contributed by atoms with Crippen LogP contribution in [0.2, 0.25) is 0 Å². The van der Waals surface area contributed by atoms with Crippen molar-refractivity contribution in [1.29, 1.82) is 0 Å². The van der Waals surface area contributed by atoms with Crippen LogP contribution in [0.1, 0.15) is 96.5 Å². The van der Waals surface area contributed by atoms with Crippen LogP contribution in [0.3, 0.4) is 0 Å². The molecule has 4 atom stereocenters. The summed E-state index contributed by atoms with van der Waals surface area (Å²) >= 11 is 0. The van der Waals surface area contributed by atoms with Crippen molar-refractivity contribution in [3.05, 3.63) is 130 Å². The predicted molar refractivity (Wildman–Crippen MR) is 221 cm³/mol. The first kappa shape index (κ1) is 41.5. The first-order valence-corrected chi connectivity index (χ1v) is 19.9. The number of fused-ring (bicyclic) bond motifs is 8. The number of carbonyl (C=O) groups excluding carboxylic acids is 2. The van der Waals surface area contributed by atoms with Gasteiger partial charge >= 0.3 is 0 Å². The Bertz CT molecular complexity index is 2080. The molecule has 2 bridgehead atoms. The van der Waals surface area contributed by atoms with Crippen LogP contribution in [0.25, 0.3) is 0 Å². The Hall–Kier alpha value is -5.12. The van der Waals surface area contributed by atoms with Crippen LogP contribution in [0, 0.1) is 5.41 Å². The molecule has 1 fully saturated rings. The number of ketones is 1. The van der Waals surface area contributed by atoms with Gasteiger partial charge in [-0.15, -0.1) is 0 Å². The first-order chi connectivity index (χ1) is 27.4. The van der Waals surface area contributed by atoms with Crippen molar-refractivity contribution in [3.63, 3.8) is 0 Å². The number of aliphatic hydroxyl groups is 2. The highest BCUT2D eigenvalue weighted by Gasteiger charge is 2.57. The molecule has 4 unspecified atom stereocenters. The van der Waals surface area contributed by atoms with Gasteiger partial charge in [0.05, 0.1) is 53.1 Å². The molecule has 9 heteroatoms. The molecule has 0 saturated heterocycles. The highest BCUT2D eigenvalue weighted by molar-refractivity contribution is 6.10. The molecule has 0 aromatic heterocycles. The third-order valence-electron chi connectivity index (χ3n) is 12.4.